The maximum absolute atomic E-state index is 13.5. The number of hydrogen-bond acceptors (Lipinski definition) is 7. The third kappa shape index (κ3) is 4.54. The summed E-state index contributed by atoms with van der Waals surface area (Å²) >= 11 is 0. The van der Waals surface area contributed by atoms with E-state index < -0.39 is 35.4 Å². The van der Waals surface area contributed by atoms with E-state index in [-0.39, 0.29) is 17.3 Å². The fourth-order valence-corrected chi connectivity index (χ4v) is 1.85. The first-order chi connectivity index (χ1) is 11.2. The van der Waals surface area contributed by atoms with Crippen molar-refractivity contribution < 1.29 is 27.6 Å². The quantitative estimate of drug-likeness (QED) is 0.313. The summed E-state index contributed by atoms with van der Waals surface area (Å²) in [5.74, 6) is -1.91. The van der Waals surface area contributed by atoms with Gasteiger partial charge in [0.15, 0.2) is 11.8 Å². The Labute approximate surface area is 134 Å². The van der Waals surface area contributed by atoms with Gasteiger partial charge < -0.3 is 20.9 Å². The maximum Gasteiger partial charge on any atom is 0.343 e. The van der Waals surface area contributed by atoms with Crippen LogP contribution in [0.4, 0.5) is 18.9 Å². The van der Waals surface area contributed by atoms with Crippen LogP contribution in [0.2, 0.25) is 0 Å². The first-order valence-corrected chi connectivity index (χ1v) is 6.43. The number of ether oxygens (including phenoxy) is 2. The molecule has 0 radical (unpaired) electrons. The average Bonchev–Trinajstić information content (AvgIpc) is 2.91. The Morgan fingerprint density at radius 1 is 1.46 bits per heavy atom. The summed E-state index contributed by atoms with van der Waals surface area (Å²) in [6.07, 6.45) is -1.94. The minimum Gasteiger partial charge on any atom is -0.483 e. The summed E-state index contributed by atoms with van der Waals surface area (Å²) in [5.41, 5.74) is 10.1. The molecule has 4 N–H and O–H groups in total. The van der Waals surface area contributed by atoms with Crippen LogP contribution in [0.15, 0.2) is 29.6 Å². The largest absolute Gasteiger partial charge is 0.483 e. The van der Waals surface area contributed by atoms with Crippen LogP contribution in [0.5, 0.6) is 0 Å². The van der Waals surface area contributed by atoms with E-state index in [2.05, 4.69) is 5.10 Å². The van der Waals surface area contributed by atoms with Crippen LogP contribution in [0.25, 0.3) is 0 Å². The van der Waals surface area contributed by atoms with Crippen molar-refractivity contribution in [1.82, 2.24) is 9.78 Å². The van der Waals surface area contributed by atoms with Crippen molar-refractivity contribution in [3.05, 3.63) is 45.7 Å². The second-order valence-corrected chi connectivity index (χ2v) is 4.46. The number of allylic oxidation sites excluding steroid dienone is 2. The third-order valence-corrected chi connectivity index (χ3v) is 2.98. The Morgan fingerprint density at radius 2 is 2.08 bits per heavy atom. The van der Waals surface area contributed by atoms with E-state index in [1.54, 1.807) is 0 Å². The molecular formula is C12H16F3N5O4. The summed E-state index contributed by atoms with van der Waals surface area (Å²) in [7, 11) is 2.41. The van der Waals surface area contributed by atoms with Crippen LogP contribution >= 0.6 is 0 Å². The normalized spacial score (nSPS) is 14.3. The van der Waals surface area contributed by atoms with E-state index in [4.69, 9.17) is 20.9 Å². The van der Waals surface area contributed by atoms with E-state index in [0.29, 0.717) is 10.9 Å². The molecule has 0 bridgehead atoms. The summed E-state index contributed by atoms with van der Waals surface area (Å²) in [4.78, 5) is 9.69. The Kier molecular flexibility index (Phi) is 6.44. The lowest BCUT2D eigenvalue weighted by Gasteiger charge is -2.20. The van der Waals surface area contributed by atoms with Gasteiger partial charge in [0, 0.05) is 18.1 Å². The highest BCUT2D eigenvalue weighted by Gasteiger charge is 2.29. The fourth-order valence-electron chi connectivity index (χ4n) is 1.85. The number of rotatable bonds is 8. The van der Waals surface area contributed by atoms with E-state index in [9.17, 15) is 23.3 Å². The van der Waals surface area contributed by atoms with Crippen molar-refractivity contribution in [3.63, 3.8) is 0 Å². The zero-order valence-corrected chi connectivity index (χ0v) is 12.8. The number of nitrogens with two attached hydrogens (primary N) is 2. The number of nitro groups is 1. The number of aromatic nitrogens is 2. The molecule has 0 aliphatic rings. The predicted octanol–water partition coefficient (Wildman–Crippen LogP) is 1.39. The molecule has 1 heterocycles. The highest BCUT2D eigenvalue weighted by Crippen LogP contribution is 2.30. The zero-order chi connectivity index (χ0) is 18.4. The smallest absolute Gasteiger partial charge is 0.343 e. The molecule has 0 aromatic carbocycles. The fraction of sp³-hybridized carbons (Fsp3) is 0.417. The minimum atomic E-state index is -2.85. The standard InChI is InChI=1S/C12H16F3N5O4/c1-23-10(16)3-6(12(17)24-2)7(4-9(13)14)19-5-8(20(21)22)11(15)18-19/h3,5,7,9H,4,16-17H2,1-2H3/b10-3+,12-6-. The van der Waals surface area contributed by atoms with Gasteiger partial charge in [-0.15, -0.1) is 5.10 Å². The molecule has 1 aromatic heterocycles. The Balaban J connectivity index is 3.48. The Morgan fingerprint density at radius 3 is 2.50 bits per heavy atom. The molecule has 1 aromatic rings. The van der Waals surface area contributed by atoms with Crippen molar-refractivity contribution in [1.29, 1.82) is 0 Å². The maximum atomic E-state index is 13.5. The molecule has 1 atom stereocenters. The minimum absolute atomic E-state index is 0.102. The highest BCUT2D eigenvalue weighted by atomic mass is 19.3. The topological polar surface area (TPSA) is 131 Å². The van der Waals surface area contributed by atoms with E-state index in [1.807, 2.05) is 0 Å². The molecule has 24 heavy (non-hydrogen) atoms. The van der Waals surface area contributed by atoms with Crippen LogP contribution < -0.4 is 11.5 Å². The molecule has 9 nitrogen and oxygen atoms in total. The van der Waals surface area contributed by atoms with Crippen LogP contribution in [-0.4, -0.2) is 35.3 Å². The van der Waals surface area contributed by atoms with Gasteiger partial charge in [-0.2, -0.15) is 4.39 Å². The predicted molar refractivity (Wildman–Crippen MR) is 76.0 cm³/mol. The molecule has 0 amide bonds. The average molecular weight is 351 g/mol. The molecule has 134 valence electrons. The van der Waals surface area contributed by atoms with Gasteiger partial charge >= 0.3 is 11.6 Å². The molecule has 0 aliphatic carbocycles. The second kappa shape index (κ2) is 8.08. The molecule has 0 spiro atoms. The van der Waals surface area contributed by atoms with E-state index in [1.165, 1.54) is 14.2 Å². The number of hydrogen-bond donors (Lipinski definition) is 2. The van der Waals surface area contributed by atoms with Gasteiger partial charge in [0.1, 0.15) is 6.20 Å². The molecule has 1 rings (SSSR count). The van der Waals surface area contributed by atoms with Gasteiger partial charge in [0.2, 0.25) is 6.43 Å². The molecule has 0 aliphatic heterocycles. The second-order valence-electron chi connectivity index (χ2n) is 4.46. The highest BCUT2D eigenvalue weighted by molar-refractivity contribution is 5.30. The molecule has 1 unspecified atom stereocenters. The molecule has 0 saturated heterocycles. The van der Waals surface area contributed by atoms with E-state index >= 15 is 0 Å². The first-order valence-electron chi connectivity index (χ1n) is 6.43. The number of methoxy groups -OCH3 is 2. The monoisotopic (exact) mass is 351 g/mol. The van der Waals surface area contributed by atoms with Crippen LogP contribution in [0.1, 0.15) is 12.5 Å². The molecule has 12 heteroatoms. The van der Waals surface area contributed by atoms with Gasteiger partial charge in [-0.05, 0) is 0 Å². The Hall–Kier alpha value is -2.92. The summed E-state index contributed by atoms with van der Waals surface area (Å²) in [5, 5.41) is 14.0. The molecule has 0 saturated carbocycles. The summed E-state index contributed by atoms with van der Waals surface area (Å²) in [6.45, 7) is 0. The van der Waals surface area contributed by atoms with Crippen LogP contribution in [0, 0.1) is 16.1 Å². The van der Waals surface area contributed by atoms with Gasteiger partial charge in [-0.3, -0.25) is 14.8 Å². The lowest BCUT2D eigenvalue weighted by molar-refractivity contribution is -0.387. The van der Waals surface area contributed by atoms with Gasteiger partial charge in [0.25, 0.3) is 0 Å². The summed E-state index contributed by atoms with van der Waals surface area (Å²) < 4.78 is 49.6. The summed E-state index contributed by atoms with van der Waals surface area (Å²) in [6, 6.07) is -1.37. The number of halogens is 3. The number of nitrogens with zero attached hydrogens (tertiary/aromatic N) is 3. The lowest BCUT2D eigenvalue weighted by Crippen LogP contribution is -2.20. The number of alkyl halides is 2. The molecule has 0 fully saturated rings. The third-order valence-electron chi connectivity index (χ3n) is 2.98. The van der Waals surface area contributed by atoms with Crippen molar-refractivity contribution in [2.24, 2.45) is 11.5 Å². The van der Waals surface area contributed by atoms with Gasteiger partial charge in [-0.1, -0.05) is 0 Å². The van der Waals surface area contributed by atoms with Crippen molar-refractivity contribution in [3.8, 4) is 0 Å². The lowest BCUT2D eigenvalue weighted by atomic mass is 10.0. The zero-order valence-electron chi connectivity index (χ0n) is 12.8. The van der Waals surface area contributed by atoms with E-state index in [0.717, 1.165) is 6.08 Å². The molecular weight excluding hydrogens is 335 g/mol. The SMILES string of the molecule is CO/C(N)=C(/C=C(\N)OC)C(CC(F)F)n1cc([N+](=O)[O-])c(F)n1. The Bertz CT molecular complexity index is 659. The van der Waals surface area contributed by atoms with Crippen molar-refractivity contribution >= 4 is 5.69 Å². The van der Waals surface area contributed by atoms with Crippen molar-refractivity contribution in [2.75, 3.05) is 14.2 Å². The van der Waals surface area contributed by atoms with Crippen molar-refractivity contribution in [2.45, 2.75) is 18.9 Å². The van der Waals surface area contributed by atoms with Gasteiger partial charge in [0.05, 0.1) is 25.2 Å². The van der Waals surface area contributed by atoms with Crippen LogP contribution in [-0.2, 0) is 9.47 Å². The first kappa shape index (κ1) is 19.1. The van der Waals surface area contributed by atoms with Crippen LogP contribution in [0.3, 0.4) is 0 Å². The van der Waals surface area contributed by atoms with Gasteiger partial charge in [-0.25, -0.2) is 8.78 Å².